The lowest BCUT2D eigenvalue weighted by Crippen LogP contribution is -2.57. The maximum Gasteiger partial charge on any atom is 0.219 e. The number of carbonyl (C=O) groups excluding carboxylic acids is 1. The molecule has 1 aliphatic carbocycles. The lowest BCUT2D eigenvalue weighted by atomic mass is 9.83. The number of thioether (sulfide) groups is 1. The van der Waals surface area contributed by atoms with Gasteiger partial charge in [0.25, 0.3) is 0 Å². The van der Waals surface area contributed by atoms with Crippen molar-refractivity contribution in [2.24, 2.45) is 0 Å². The topological polar surface area (TPSA) is 41.6 Å². The predicted molar refractivity (Wildman–Crippen MR) is 113 cm³/mol. The van der Waals surface area contributed by atoms with Crippen LogP contribution in [0.1, 0.15) is 56.9 Å². The number of nitrogens with zero attached hydrogens (tertiary/aromatic N) is 1. The molecule has 1 aromatic carbocycles. The molecule has 0 radical (unpaired) electrons. The smallest absolute Gasteiger partial charge is 0.219 e. The van der Waals surface area contributed by atoms with E-state index in [4.69, 9.17) is 4.74 Å². The molecule has 5 heteroatoms. The highest BCUT2D eigenvalue weighted by Gasteiger charge is 2.34. The van der Waals surface area contributed by atoms with Gasteiger partial charge in [0.1, 0.15) is 0 Å². The minimum atomic E-state index is 0.162. The van der Waals surface area contributed by atoms with Crippen molar-refractivity contribution in [3.63, 3.8) is 0 Å². The fourth-order valence-electron chi connectivity index (χ4n) is 4.61. The molecule has 1 aromatic rings. The average molecular weight is 391 g/mol. The third-order valence-electron chi connectivity index (χ3n) is 6.12. The molecule has 2 atom stereocenters. The zero-order valence-electron chi connectivity index (χ0n) is 16.7. The number of ether oxygens (including phenoxy) is 1. The first-order chi connectivity index (χ1) is 13.2. The van der Waals surface area contributed by atoms with E-state index in [2.05, 4.69) is 41.9 Å². The summed E-state index contributed by atoms with van der Waals surface area (Å²) >= 11 is 1.80. The van der Waals surface area contributed by atoms with Crippen LogP contribution in [0, 0.1) is 0 Å². The molecule has 1 amide bonds. The molecule has 4 nitrogen and oxygen atoms in total. The Labute approximate surface area is 168 Å². The van der Waals surface area contributed by atoms with Gasteiger partial charge in [-0.3, -0.25) is 4.79 Å². The summed E-state index contributed by atoms with van der Waals surface area (Å²) in [5.74, 6) is 1.77. The second-order valence-corrected chi connectivity index (χ2v) is 8.75. The molecule has 3 rings (SSSR count). The molecule has 150 valence electrons. The van der Waals surface area contributed by atoms with Gasteiger partial charge in [-0.05, 0) is 56.3 Å². The van der Waals surface area contributed by atoms with Crippen molar-refractivity contribution in [1.82, 2.24) is 10.2 Å². The lowest BCUT2D eigenvalue weighted by molar-refractivity contribution is -0.136. The number of benzene rings is 1. The van der Waals surface area contributed by atoms with Crippen molar-refractivity contribution >= 4 is 17.7 Å². The van der Waals surface area contributed by atoms with Gasteiger partial charge >= 0.3 is 0 Å². The van der Waals surface area contributed by atoms with E-state index < -0.39 is 0 Å². The zero-order valence-corrected chi connectivity index (χ0v) is 17.5. The SMILES string of the molecule is CSCN[C@H]1CCCN(C(C)=O)[C@H]1COC1CCC(c2ccccc2)CC1. The maximum atomic E-state index is 12.1. The molecule has 1 saturated heterocycles. The molecule has 0 bridgehead atoms. The summed E-state index contributed by atoms with van der Waals surface area (Å²) in [7, 11) is 0. The van der Waals surface area contributed by atoms with E-state index in [-0.39, 0.29) is 11.9 Å². The van der Waals surface area contributed by atoms with Crippen LogP contribution in [0.15, 0.2) is 30.3 Å². The van der Waals surface area contributed by atoms with Gasteiger partial charge in [0, 0.05) is 25.4 Å². The molecular formula is C22H34N2O2S. The molecule has 2 aliphatic rings. The number of amides is 1. The Morgan fingerprint density at radius 1 is 1.19 bits per heavy atom. The summed E-state index contributed by atoms with van der Waals surface area (Å²) in [4.78, 5) is 14.1. The number of hydrogen-bond acceptors (Lipinski definition) is 4. The van der Waals surface area contributed by atoms with Crippen molar-refractivity contribution in [3.05, 3.63) is 35.9 Å². The van der Waals surface area contributed by atoms with Gasteiger partial charge in [0.15, 0.2) is 0 Å². The quantitative estimate of drug-likeness (QED) is 0.714. The van der Waals surface area contributed by atoms with Crippen LogP contribution in [-0.4, -0.2) is 54.3 Å². The molecule has 0 unspecified atom stereocenters. The predicted octanol–water partition coefficient (Wildman–Crippen LogP) is 4.02. The van der Waals surface area contributed by atoms with Gasteiger partial charge in [-0.1, -0.05) is 30.3 Å². The van der Waals surface area contributed by atoms with E-state index in [1.807, 2.05) is 4.90 Å². The Morgan fingerprint density at radius 2 is 1.93 bits per heavy atom. The van der Waals surface area contributed by atoms with Gasteiger partial charge < -0.3 is 15.0 Å². The van der Waals surface area contributed by atoms with Gasteiger partial charge in [-0.25, -0.2) is 0 Å². The molecular weight excluding hydrogens is 356 g/mol. The average Bonchev–Trinajstić information content (AvgIpc) is 2.71. The van der Waals surface area contributed by atoms with Crippen LogP contribution in [0.2, 0.25) is 0 Å². The van der Waals surface area contributed by atoms with E-state index in [0.717, 1.165) is 38.1 Å². The Kier molecular flexibility index (Phi) is 8.04. The monoisotopic (exact) mass is 390 g/mol. The van der Waals surface area contributed by atoms with E-state index in [9.17, 15) is 4.79 Å². The third-order valence-corrected chi connectivity index (χ3v) is 6.58. The maximum absolute atomic E-state index is 12.1. The Balaban J connectivity index is 1.51. The molecule has 1 N–H and O–H groups in total. The number of piperidine rings is 1. The summed E-state index contributed by atoms with van der Waals surface area (Å²) < 4.78 is 6.36. The molecule has 1 heterocycles. The second-order valence-electron chi connectivity index (χ2n) is 7.88. The van der Waals surface area contributed by atoms with Crippen molar-refractivity contribution in [3.8, 4) is 0 Å². The summed E-state index contributed by atoms with van der Waals surface area (Å²) in [6.07, 6.45) is 9.28. The molecule has 0 spiro atoms. The van der Waals surface area contributed by atoms with E-state index in [1.54, 1.807) is 18.7 Å². The van der Waals surface area contributed by atoms with Crippen molar-refractivity contribution in [2.45, 2.75) is 69.6 Å². The second kappa shape index (κ2) is 10.5. The van der Waals surface area contributed by atoms with Gasteiger partial charge in [-0.2, -0.15) is 0 Å². The van der Waals surface area contributed by atoms with Crippen LogP contribution in [0.4, 0.5) is 0 Å². The number of likely N-dealkylation sites (tertiary alicyclic amines) is 1. The number of hydrogen-bond donors (Lipinski definition) is 1. The number of carbonyl (C=O) groups is 1. The Hall–Kier alpha value is -1.04. The standard InChI is InChI=1S/C22H34N2O2S/c1-17(25)24-14-6-9-21(23-16-27-2)22(24)15-26-20-12-10-19(11-13-20)18-7-4-3-5-8-18/h3-5,7-8,19-23H,6,9-16H2,1-2H3/t19?,20?,21-,22-/m0/s1. The first-order valence-electron chi connectivity index (χ1n) is 10.3. The highest BCUT2D eigenvalue weighted by molar-refractivity contribution is 7.98. The molecule has 0 aromatic heterocycles. The van der Waals surface area contributed by atoms with Crippen molar-refractivity contribution in [1.29, 1.82) is 0 Å². The lowest BCUT2D eigenvalue weighted by Gasteiger charge is -2.42. The van der Waals surface area contributed by atoms with Crippen LogP contribution < -0.4 is 5.32 Å². The van der Waals surface area contributed by atoms with Gasteiger partial charge in [-0.15, -0.1) is 11.8 Å². The number of rotatable bonds is 7. The van der Waals surface area contributed by atoms with Crippen molar-refractivity contribution in [2.75, 3.05) is 25.3 Å². The summed E-state index contributed by atoms with van der Waals surface area (Å²) in [5.41, 5.74) is 1.47. The molecule has 1 aliphatic heterocycles. The van der Waals surface area contributed by atoms with Crippen LogP contribution in [0.5, 0.6) is 0 Å². The molecule has 27 heavy (non-hydrogen) atoms. The van der Waals surface area contributed by atoms with Crippen LogP contribution in [-0.2, 0) is 9.53 Å². The van der Waals surface area contributed by atoms with Gasteiger partial charge in [0.05, 0.1) is 18.8 Å². The fraction of sp³-hybridized carbons (Fsp3) is 0.682. The van der Waals surface area contributed by atoms with Crippen molar-refractivity contribution < 1.29 is 9.53 Å². The minimum Gasteiger partial charge on any atom is -0.376 e. The molecule has 2 fully saturated rings. The van der Waals surface area contributed by atoms with E-state index in [0.29, 0.717) is 24.7 Å². The van der Waals surface area contributed by atoms with Crippen LogP contribution in [0.25, 0.3) is 0 Å². The summed E-state index contributed by atoms with van der Waals surface area (Å²) in [5, 5.41) is 3.61. The number of nitrogens with one attached hydrogen (secondary N) is 1. The van der Waals surface area contributed by atoms with E-state index in [1.165, 1.54) is 18.4 Å². The normalized spacial score (nSPS) is 28.9. The fourth-order valence-corrected chi connectivity index (χ4v) is 4.99. The minimum absolute atomic E-state index is 0.162. The van der Waals surface area contributed by atoms with Gasteiger partial charge in [0.2, 0.25) is 5.91 Å². The Bertz CT molecular complexity index is 575. The zero-order chi connectivity index (χ0) is 19.1. The third kappa shape index (κ3) is 5.72. The van der Waals surface area contributed by atoms with Crippen LogP contribution >= 0.6 is 11.8 Å². The first-order valence-corrected chi connectivity index (χ1v) is 11.7. The molecule has 1 saturated carbocycles. The van der Waals surface area contributed by atoms with E-state index >= 15 is 0 Å². The Morgan fingerprint density at radius 3 is 2.59 bits per heavy atom. The summed E-state index contributed by atoms with van der Waals surface area (Å²) in [6, 6.07) is 11.4. The van der Waals surface area contributed by atoms with Crippen LogP contribution in [0.3, 0.4) is 0 Å². The first kappa shape index (κ1) is 20.7. The highest BCUT2D eigenvalue weighted by atomic mass is 32.2. The highest BCUT2D eigenvalue weighted by Crippen LogP contribution is 2.34. The largest absolute Gasteiger partial charge is 0.376 e. The summed E-state index contributed by atoms with van der Waals surface area (Å²) in [6.45, 7) is 3.21.